The van der Waals surface area contributed by atoms with E-state index in [-0.39, 0.29) is 18.3 Å². The van der Waals surface area contributed by atoms with E-state index in [1.54, 1.807) is 0 Å². The van der Waals surface area contributed by atoms with E-state index in [1.165, 1.54) is 11.8 Å². The van der Waals surface area contributed by atoms with Crippen LogP contribution in [0.4, 0.5) is 0 Å². The highest BCUT2D eigenvalue weighted by Crippen LogP contribution is 2.14. The summed E-state index contributed by atoms with van der Waals surface area (Å²) >= 11 is 1.19. The highest BCUT2D eigenvalue weighted by Gasteiger charge is 2.10. The van der Waals surface area contributed by atoms with E-state index in [0.29, 0.717) is 11.7 Å². The fourth-order valence-corrected chi connectivity index (χ4v) is 2.66. The lowest BCUT2D eigenvalue weighted by molar-refractivity contribution is -0.145. The zero-order chi connectivity index (χ0) is 17.4. The van der Waals surface area contributed by atoms with Crippen LogP contribution in [0.2, 0.25) is 0 Å². The molecule has 1 amide bonds. The van der Waals surface area contributed by atoms with Crippen molar-refractivity contribution in [1.82, 2.24) is 15.3 Å². The standard InChI is InChI=1S/C17H19N3O3S/c1-12-8-13(2)20-17(19-12)24-11-16(22)23-10-15(21)18-9-14-6-4-3-5-7-14/h3-8H,9-11H2,1-2H3,(H,18,21). The van der Waals surface area contributed by atoms with Gasteiger partial charge in [-0.15, -0.1) is 0 Å². The van der Waals surface area contributed by atoms with Gasteiger partial charge in [-0.2, -0.15) is 0 Å². The number of aryl methyl sites for hydroxylation is 2. The summed E-state index contributed by atoms with van der Waals surface area (Å²) in [6.45, 7) is 3.85. The Labute approximate surface area is 145 Å². The zero-order valence-electron chi connectivity index (χ0n) is 13.6. The van der Waals surface area contributed by atoms with Gasteiger partial charge in [-0.3, -0.25) is 9.59 Å². The van der Waals surface area contributed by atoms with E-state index in [9.17, 15) is 9.59 Å². The van der Waals surface area contributed by atoms with Gasteiger partial charge in [0.1, 0.15) is 0 Å². The van der Waals surface area contributed by atoms with E-state index in [4.69, 9.17) is 4.74 Å². The SMILES string of the molecule is Cc1cc(C)nc(SCC(=O)OCC(=O)NCc2ccccc2)n1. The van der Waals surface area contributed by atoms with Crippen LogP contribution in [0.5, 0.6) is 0 Å². The van der Waals surface area contributed by atoms with E-state index in [1.807, 2.05) is 50.2 Å². The molecular weight excluding hydrogens is 326 g/mol. The molecule has 0 unspecified atom stereocenters. The first-order chi connectivity index (χ1) is 11.5. The number of nitrogens with one attached hydrogen (secondary N) is 1. The smallest absolute Gasteiger partial charge is 0.316 e. The van der Waals surface area contributed by atoms with Crippen LogP contribution in [-0.2, 0) is 20.9 Å². The van der Waals surface area contributed by atoms with Crippen molar-refractivity contribution in [2.24, 2.45) is 0 Å². The molecule has 0 aliphatic carbocycles. The largest absolute Gasteiger partial charge is 0.455 e. The lowest BCUT2D eigenvalue weighted by Gasteiger charge is -2.07. The van der Waals surface area contributed by atoms with Crippen molar-refractivity contribution in [2.45, 2.75) is 25.5 Å². The Morgan fingerprint density at radius 3 is 2.46 bits per heavy atom. The van der Waals surface area contributed by atoms with E-state index in [2.05, 4.69) is 15.3 Å². The number of hydrogen-bond donors (Lipinski definition) is 1. The minimum atomic E-state index is -0.474. The summed E-state index contributed by atoms with van der Waals surface area (Å²) in [4.78, 5) is 31.8. The highest BCUT2D eigenvalue weighted by molar-refractivity contribution is 7.99. The molecule has 0 aliphatic rings. The number of rotatable bonds is 7. The van der Waals surface area contributed by atoms with Crippen LogP contribution in [0.1, 0.15) is 17.0 Å². The van der Waals surface area contributed by atoms with Gasteiger partial charge in [-0.25, -0.2) is 9.97 Å². The molecule has 0 atom stereocenters. The number of benzene rings is 1. The molecule has 1 N–H and O–H groups in total. The summed E-state index contributed by atoms with van der Waals surface area (Å²) in [6, 6.07) is 11.4. The highest BCUT2D eigenvalue weighted by atomic mass is 32.2. The van der Waals surface area contributed by atoms with Gasteiger partial charge in [0, 0.05) is 17.9 Å². The molecule has 0 saturated heterocycles. The van der Waals surface area contributed by atoms with E-state index in [0.717, 1.165) is 17.0 Å². The van der Waals surface area contributed by atoms with Crippen molar-refractivity contribution in [3.63, 3.8) is 0 Å². The van der Waals surface area contributed by atoms with Crippen molar-refractivity contribution >= 4 is 23.6 Å². The Morgan fingerprint density at radius 1 is 1.12 bits per heavy atom. The maximum absolute atomic E-state index is 11.7. The first-order valence-electron chi connectivity index (χ1n) is 7.44. The molecule has 1 heterocycles. The maximum Gasteiger partial charge on any atom is 0.316 e. The van der Waals surface area contributed by atoms with Gasteiger partial charge in [0.25, 0.3) is 5.91 Å². The molecular formula is C17H19N3O3S. The van der Waals surface area contributed by atoms with Crippen LogP contribution < -0.4 is 5.32 Å². The van der Waals surface area contributed by atoms with Crippen LogP contribution >= 0.6 is 11.8 Å². The summed E-state index contributed by atoms with van der Waals surface area (Å²) in [5, 5.41) is 3.22. The summed E-state index contributed by atoms with van der Waals surface area (Å²) in [5.41, 5.74) is 2.68. The number of nitrogens with zero attached hydrogens (tertiary/aromatic N) is 2. The Bertz CT molecular complexity index is 687. The number of carbonyl (C=O) groups is 2. The second-order valence-corrected chi connectivity index (χ2v) is 6.09. The van der Waals surface area contributed by atoms with E-state index >= 15 is 0 Å². The van der Waals surface area contributed by atoms with Crippen LogP contribution in [0.15, 0.2) is 41.6 Å². The Morgan fingerprint density at radius 2 is 1.79 bits per heavy atom. The first kappa shape index (κ1) is 17.9. The first-order valence-corrected chi connectivity index (χ1v) is 8.43. The Hall–Kier alpha value is -2.41. The Kier molecular flexibility index (Phi) is 6.74. The molecule has 1 aromatic carbocycles. The van der Waals surface area contributed by atoms with Gasteiger partial charge in [0.05, 0.1) is 5.75 Å². The van der Waals surface area contributed by atoms with Crippen LogP contribution in [-0.4, -0.2) is 34.2 Å². The topological polar surface area (TPSA) is 81.2 Å². The van der Waals surface area contributed by atoms with Gasteiger partial charge in [0.15, 0.2) is 11.8 Å². The van der Waals surface area contributed by atoms with Crippen molar-refractivity contribution in [3.05, 3.63) is 53.3 Å². The quantitative estimate of drug-likeness (QED) is 0.470. The van der Waals surface area contributed by atoms with Gasteiger partial charge < -0.3 is 10.1 Å². The number of amides is 1. The molecule has 7 heteroatoms. The molecule has 126 valence electrons. The average molecular weight is 345 g/mol. The summed E-state index contributed by atoms with van der Waals surface area (Å²) < 4.78 is 4.95. The molecule has 6 nitrogen and oxygen atoms in total. The molecule has 0 spiro atoms. The minimum absolute atomic E-state index is 0.0643. The fraction of sp³-hybridized carbons (Fsp3) is 0.294. The number of esters is 1. The zero-order valence-corrected chi connectivity index (χ0v) is 14.4. The lowest BCUT2D eigenvalue weighted by atomic mass is 10.2. The average Bonchev–Trinajstić information content (AvgIpc) is 2.56. The van der Waals surface area contributed by atoms with Crippen LogP contribution in [0.25, 0.3) is 0 Å². The molecule has 0 radical (unpaired) electrons. The second-order valence-electron chi connectivity index (χ2n) is 5.14. The van der Waals surface area contributed by atoms with Gasteiger partial charge in [0.2, 0.25) is 0 Å². The van der Waals surface area contributed by atoms with Gasteiger partial charge >= 0.3 is 5.97 Å². The van der Waals surface area contributed by atoms with Crippen molar-refractivity contribution in [2.75, 3.05) is 12.4 Å². The molecule has 0 fully saturated rings. The molecule has 0 saturated carbocycles. The lowest BCUT2D eigenvalue weighted by Crippen LogP contribution is -2.28. The van der Waals surface area contributed by atoms with Crippen molar-refractivity contribution in [3.8, 4) is 0 Å². The number of ether oxygens (including phenoxy) is 1. The molecule has 0 bridgehead atoms. The second kappa shape index (κ2) is 9.02. The fourth-order valence-electron chi connectivity index (χ4n) is 1.92. The van der Waals surface area contributed by atoms with Gasteiger partial charge in [-0.1, -0.05) is 42.1 Å². The molecule has 2 rings (SSSR count). The number of thioether (sulfide) groups is 1. The van der Waals surface area contributed by atoms with Gasteiger partial charge in [-0.05, 0) is 25.5 Å². The molecule has 0 aliphatic heterocycles. The third kappa shape index (κ3) is 6.37. The number of hydrogen-bond acceptors (Lipinski definition) is 6. The molecule has 2 aromatic rings. The number of carbonyl (C=O) groups excluding carboxylic acids is 2. The van der Waals surface area contributed by atoms with Crippen LogP contribution in [0, 0.1) is 13.8 Å². The normalized spacial score (nSPS) is 10.2. The monoisotopic (exact) mass is 345 g/mol. The predicted octanol–water partition coefficient (Wildman–Crippen LogP) is 2.05. The number of aromatic nitrogens is 2. The minimum Gasteiger partial charge on any atom is -0.455 e. The summed E-state index contributed by atoms with van der Waals surface area (Å²) in [5.74, 6) is -0.744. The van der Waals surface area contributed by atoms with Crippen molar-refractivity contribution in [1.29, 1.82) is 0 Å². The van der Waals surface area contributed by atoms with Crippen LogP contribution in [0.3, 0.4) is 0 Å². The third-order valence-corrected chi connectivity index (χ3v) is 3.80. The van der Waals surface area contributed by atoms with E-state index < -0.39 is 5.97 Å². The molecule has 24 heavy (non-hydrogen) atoms. The predicted molar refractivity (Wildman–Crippen MR) is 91.5 cm³/mol. The maximum atomic E-state index is 11.7. The summed E-state index contributed by atoms with van der Waals surface area (Å²) in [6.07, 6.45) is 0. The van der Waals surface area contributed by atoms with Crippen molar-refractivity contribution < 1.29 is 14.3 Å². The third-order valence-electron chi connectivity index (χ3n) is 2.98. The molecule has 1 aromatic heterocycles. The summed E-state index contributed by atoms with van der Waals surface area (Å²) in [7, 11) is 0. The Balaban J connectivity index is 1.68.